The number of hydrogen-bond acceptors (Lipinski definition) is 4. The maximum absolute atomic E-state index is 12.5. The zero-order valence-corrected chi connectivity index (χ0v) is 12.8. The van der Waals surface area contributed by atoms with Crippen LogP contribution in [0.3, 0.4) is 0 Å². The van der Waals surface area contributed by atoms with Crippen LogP contribution >= 0.6 is 11.3 Å². The largest absolute Gasteiger partial charge is 0.339 e. The van der Waals surface area contributed by atoms with Crippen molar-refractivity contribution in [1.29, 1.82) is 0 Å². The topological polar surface area (TPSA) is 63.4 Å². The molecule has 2 aromatic rings. The molecule has 0 saturated carbocycles. The molecule has 0 spiro atoms. The van der Waals surface area contributed by atoms with Crippen molar-refractivity contribution in [2.75, 3.05) is 13.1 Å². The van der Waals surface area contributed by atoms with E-state index in [1.165, 1.54) is 17.0 Å². The Hall–Kier alpha value is -2.21. The van der Waals surface area contributed by atoms with E-state index in [4.69, 9.17) is 0 Å². The molecule has 22 heavy (non-hydrogen) atoms. The monoisotopic (exact) mass is 316 g/mol. The molecule has 1 aliphatic rings. The Bertz CT molecular complexity index is 676. The van der Waals surface area contributed by atoms with Crippen LogP contribution in [0.1, 0.15) is 34.0 Å². The Morgan fingerprint density at radius 1 is 1.23 bits per heavy atom. The van der Waals surface area contributed by atoms with E-state index in [2.05, 4.69) is 17.5 Å². The lowest BCUT2D eigenvalue weighted by Gasteiger charge is -2.31. The van der Waals surface area contributed by atoms with Crippen LogP contribution in [-0.2, 0) is 0 Å². The second-order valence-corrected chi connectivity index (χ2v) is 6.37. The molecule has 1 aromatic heterocycles. The Morgan fingerprint density at radius 3 is 2.64 bits per heavy atom. The van der Waals surface area contributed by atoms with Gasteiger partial charge in [-0.3, -0.25) is 14.9 Å². The molecule has 1 aliphatic heterocycles. The van der Waals surface area contributed by atoms with Crippen molar-refractivity contribution < 1.29 is 9.72 Å². The summed E-state index contributed by atoms with van der Waals surface area (Å²) in [7, 11) is 0. The number of nitro benzene ring substituents is 1. The number of thiophene rings is 1. The van der Waals surface area contributed by atoms with E-state index in [0.29, 0.717) is 24.6 Å². The number of non-ortho nitro benzene ring substituents is 1. The van der Waals surface area contributed by atoms with Crippen molar-refractivity contribution >= 4 is 22.9 Å². The molecule has 0 aliphatic carbocycles. The fraction of sp³-hybridized carbons (Fsp3) is 0.312. The summed E-state index contributed by atoms with van der Waals surface area (Å²) in [6, 6.07) is 10.2. The fourth-order valence-electron chi connectivity index (χ4n) is 2.83. The summed E-state index contributed by atoms with van der Waals surface area (Å²) >= 11 is 1.76. The molecule has 1 fully saturated rings. The second-order valence-electron chi connectivity index (χ2n) is 5.39. The van der Waals surface area contributed by atoms with E-state index in [1.807, 2.05) is 0 Å². The molecule has 0 atom stereocenters. The van der Waals surface area contributed by atoms with Gasteiger partial charge < -0.3 is 4.90 Å². The normalized spacial score (nSPS) is 15.7. The van der Waals surface area contributed by atoms with Crippen LogP contribution in [0, 0.1) is 10.1 Å². The molecule has 2 heterocycles. The maximum Gasteiger partial charge on any atom is 0.270 e. The summed E-state index contributed by atoms with van der Waals surface area (Å²) in [6.45, 7) is 1.40. The van der Waals surface area contributed by atoms with Gasteiger partial charge in [-0.1, -0.05) is 12.1 Å². The van der Waals surface area contributed by atoms with Gasteiger partial charge in [0.2, 0.25) is 0 Å². The first-order valence-electron chi connectivity index (χ1n) is 7.22. The van der Waals surface area contributed by atoms with Crippen LogP contribution < -0.4 is 0 Å². The van der Waals surface area contributed by atoms with Gasteiger partial charge in [-0.05, 0) is 36.3 Å². The van der Waals surface area contributed by atoms with Gasteiger partial charge in [-0.15, -0.1) is 11.3 Å². The molecule has 1 saturated heterocycles. The summed E-state index contributed by atoms with van der Waals surface area (Å²) in [6.07, 6.45) is 1.89. The Morgan fingerprint density at radius 2 is 2.00 bits per heavy atom. The first-order chi connectivity index (χ1) is 10.6. The van der Waals surface area contributed by atoms with E-state index >= 15 is 0 Å². The Balaban J connectivity index is 1.67. The van der Waals surface area contributed by atoms with Crippen LogP contribution in [0.15, 0.2) is 41.8 Å². The molecular formula is C16H16N2O3S. The molecule has 1 aromatic carbocycles. The van der Waals surface area contributed by atoms with Gasteiger partial charge in [0.1, 0.15) is 0 Å². The quantitative estimate of drug-likeness (QED) is 0.641. The zero-order chi connectivity index (χ0) is 15.5. The van der Waals surface area contributed by atoms with Crippen LogP contribution in [-0.4, -0.2) is 28.8 Å². The zero-order valence-electron chi connectivity index (χ0n) is 12.0. The van der Waals surface area contributed by atoms with Gasteiger partial charge in [0, 0.05) is 35.7 Å². The van der Waals surface area contributed by atoms with Crippen LogP contribution in [0.5, 0.6) is 0 Å². The number of carbonyl (C=O) groups is 1. The number of carbonyl (C=O) groups excluding carboxylic acids is 1. The Kier molecular flexibility index (Phi) is 4.20. The van der Waals surface area contributed by atoms with Gasteiger partial charge in [-0.2, -0.15) is 0 Å². The number of amides is 1. The van der Waals surface area contributed by atoms with Crippen molar-refractivity contribution in [3.05, 3.63) is 62.3 Å². The molecule has 0 N–H and O–H groups in total. The van der Waals surface area contributed by atoms with E-state index < -0.39 is 4.92 Å². The number of benzene rings is 1. The van der Waals surface area contributed by atoms with Crippen molar-refractivity contribution in [1.82, 2.24) is 4.90 Å². The van der Waals surface area contributed by atoms with Crippen molar-refractivity contribution in [3.8, 4) is 0 Å². The minimum atomic E-state index is -0.472. The summed E-state index contributed by atoms with van der Waals surface area (Å²) in [5.41, 5.74) is 0.350. The predicted molar refractivity (Wildman–Crippen MR) is 85.3 cm³/mol. The van der Waals surface area contributed by atoms with Gasteiger partial charge in [0.15, 0.2) is 0 Å². The SMILES string of the molecule is O=C(c1cccc([N+](=O)[O-])c1)N1CCC(c2cccs2)CC1. The maximum atomic E-state index is 12.5. The average molecular weight is 316 g/mol. The lowest BCUT2D eigenvalue weighted by molar-refractivity contribution is -0.384. The van der Waals surface area contributed by atoms with E-state index in [9.17, 15) is 14.9 Å². The standard InChI is InChI=1S/C16H16N2O3S/c19-16(13-3-1-4-14(11-13)18(20)21)17-8-6-12(7-9-17)15-5-2-10-22-15/h1-5,10-12H,6-9H2. The third-order valence-corrected chi connectivity index (χ3v) is 5.07. The van der Waals surface area contributed by atoms with Crippen molar-refractivity contribution in [2.24, 2.45) is 0 Å². The van der Waals surface area contributed by atoms with Crippen LogP contribution in [0.25, 0.3) is 0 Å². The molecular weight excluding hydrogens is 300 g/mol. The second kappa shape index (κ2) is 6.27. The molecule has 5 nitrogen and oxygen atoms in total. The minimum Gasteiger partial charge on any atom is -0.339 e. The molecule has 114 valence electrons. The van der Waals surface area contributed by atoms with Gasteiger partial charge in [0.25, 0.3) is 11.6 Å². The molecule has 0 unspecified atom stereocenters. The highest BCUT2D eigenvalue weighted by Crippen LogP contribution is 2.31. The average Bonchev–Trinajstić information content (AvgIpc) is 3.09. The van der Waals surface area contributed by atoms with E-state index in [0.717, 1.165) is 12.8 Å². The third kappa shape index (κ3) is 3.01. The first kappa shape index (κ1) is 14.7. The fourth-order valence-corrected chi connectivity index (χ4v) is 3.73. The summed E-state index contributed by atoms with van der Waals surface area (Å²) in [5, 5.41) is 12.9. The van der Waals surface area contributed by atoms with Crippen LogP contribution in [0.2, 0.25) is 0 Å². The number of nitrogens with zero attached hydrogens (tertiary/aromatic N) is 2. The van der Waals surface area contributed by atoms with Gasteiger partial charge in [0.05, 0.1) is 4.92 Å². The van der Waals surface area contributed by atoms with E-state index in [1.54, 1.807) is 28.4 Å². The smallest absolute Gasteiger partial charge is 0.270 e. The lowest BCUT2D eigenvalue weighted by atomic mass is 9.95. The molecule has 3 rings (SSSR count). The Labute approximate surface area is 132 Å². The lowest BCUT2D eigenvalue weighted by Crippen LogP contribution is -2.37. The molecule has 6 heteroatoms. The number of piperidine rings is 1. The van der Waals surface area contributed by atoms with Gasteiger partial charge >= 0.3 is 0 Å². The van der Waals surface area contributed by atoms with E-state index in [-0.39, 0.29) is 11.6 Å². The number of nitro groups is 1. The molecule has 1 amide bonds. The summed E-state index contributed by atoms with van der Waals surface area (Å²) in [4.78, 5) is 26.0. The third-order valence-electron chi connectivity index (χ3n) is 4.03. The number of rotatable bonds is 3. The number of hydrogen-bond donors (Lipinski definition) is 0. The van der Waals surface area contributed by atoms with Gasteiger partial charge in [-0.25, -0.2) is 0 Å². The van der Waals surface area contributed by atoms with Crippen molar-refractivity contribution in [3.63, 3.8) is 0 Å². The first-order valence-corrected chi connectivity index (χ1v) is 8.10. The number of likely N-dealkylation sites (tertiary alicyclic amines) is 1. The highest BCUT2D eigenvalue weighted by Gasteiger charge is 2.25. The minimum absolute atomic E-state index is 0.0423. The van der Waals surface area contributed by atoms with Crippen LogP contribution in [0.4, 0.5) is 5.69 Å². The predicted octanol–water partition coefficient (Wildman–Crippen LogP) is 3.68. The summed E-state index contributed by atoms with van der Waals surface area (Å²) < 4.78 is 0. The molecule has 0 radical (unpaired) electrons. The highest BCUT2D eigenvalue weighted by molar-refractivity contribution is 7.10. The highest BCUT2D eigenvalue weighted by atomic mass is 32.1. The molecule has 0 bridgehead atoms. The van der Waals surface area contributed by atoms with Crippen molar-refractivity contribution in [2.45, 2.75) is 18.8 Å². The summed E-state index contributed by atoms with van der Waals surface area (Å²) in [5.74, 6) is 0.405.